The second-order valence-corrected chi connectivity index (χ2v) is 7.40. The lowest BCUT2D eigenvalue weighted by Crippen LogP contribution is -2.01. The molecule has 0 aliphatic carbocycles. The molecule has 4 aromatic rings. The van der Waals surface area contributed by atoms with Gasteiger partial charge in [-0.15, -0.1) is 0 Å². The fraction of sp³-hybridized carbons (Fsp3) is 0. The highest BCUT2D eigenvalue weighted by Gasteiger charge is 2.23. The zero-order chi connectivity index (χ0) is 19.7. The van der Waals surface area contributed by atoms with E-state index in [1.54, 1.807) is 41.2 Å². The Kier molecular flexibility index (Phi) is 4.77. The van der Waals surface area contributed by atoms with E-state index < -0.39 is 4.92 Å². The van der Waals surface area contributed by atoms with E-state index in [0.29, 0.717) is 26.7 Å². The third-order valence-electron chi connectivity index (χ3n) is 4.09. The molecule has 4 rings (SSSR count). The number of hydrogen-bond donors (Lipinski definition) is 0. The van der Waals surface area contributed by atoms with Crippen LogP contribution in [0.2, 0.25) is 5.02 Å². The quantitative estimate of drug-likeness (QED) is 0.251. The van der Waals surface area contributed by atoms with Gasteiger partial charge in [0.25, 0.3) is 0 Å². The highest BCUT2D eigenvalue weighted by atomic mass is 35.5. The summed E-state index contributed by atoms with van der Waals surface area (Å²) in [5, 5.41) is 16.1. The molecule has 2 aromatic carbocycles. The van der Waals surface area contributed by atoms with Crippen LogP contribution >= 0.6 is 22.9 Å². The number of thiophene rings is 1. The second-order valence-electron chi connectivity index (χ2n) is 5.90. The lowest BCUT2D eigenvalue weighted by molar-refractivity contribution is -0.380. The van der Waals surface area contributed by atoms with E-state index in [9.17, 15) is 14.9 Å². The molecule has 6 nitrogen and oxygen atoms in total. The first-order valence-corrected chi connectivity index (χ1v) is 9.42. The third kappa shape index (κ3) is 3.45. The van der Waals surface area contributed by atoms with Crippen LogP contribution in [0.25, 0.3) is 16.3 Å². The summed E-state index contributed by atoms with van der Waals surface area (Å²) < 4.78 is 1.60. The molecule has 0 unspecified atom stereocenters. The van der Waals surface area contributed by atoms with E-state index in [-0.39, 0.29) is 10.8 Å². The molecule has 8 heteroatoms. The molecule has 0 saturated carbocycles. The molecule has 0 aliphatic heterocycles. The average molecular weight is 410 g/mol. The number of hydrogen-bond acceptors (Lipinski definition) is 5. The number of carbonyl (C=O) groups excluding carboxylic acids is 1. The summed E-state index contributed by atoms with van der Waals surface area (Å²) in [6, 6.07) is 19.0. The maximum atomic E-state index is 13.1. The fourth-order valence-corrected chi connectivity index (χ4v) is 3.69. The minimum atomic E-state index is -0.455. The number of halogens is 1. The van der Waals surface area contributed by atoms with Crippen molar-refractivity contribution >= 4 is 33.7 Å². The molecule has 0 atom stereocenters. The summed E-state index contributed by atoms with van der Waals surface area (Å²) >= 11 is 6.90. The Morgan fingerprint density at radius 3 is 2.39 bits per heavy atom. The topological polar surface area (TPSA) is 78.0 Å². The van der Waals surface area contributed by atoms with Crippen LogP contribution in [-0.4, -0.2) is 20.5 Å². The van der Waals surface area contributed by atoms with Gasteiger partial charge in [-0.1, -0.05) is 41.1 Å². The van der Waals surface area contributed by atoms with Gasteiger partial charge in [-0.2, -0.15) is 5.10 Å². The Bertz CT molecular complexity index is 1170. The number of ketones is 1. The Morgan fingerprint density at radius 2 is 1.75 bits per heavy atom. The highest BCUT2D eigenvalue weighted by Crippen LogP contribution is 2.35. The first-order chi connectivity index (χ1) is 13.5. The molecule has 2 heterocycles. The first kappa shape index (κ1) is 18.1. The smallest absolute Gasteiger partial charge is 0.288 e. The van der Waals surface area contributed by atoms with Crippen molar-refractivity contribution in [2.45, 2.75) is 0 Å². The fourth-order valence-electron chi connectivity index (χ4n) is 2.74. The number of para-hydroxylation sites is 1. The summed E-state index contributed by atoms with van der Waals surface area (Å²) in [5.74, 6) is -0.232. The van der Waals surface area contributed by atoms with Crippen LogP contribution in [0, 0.1) is 10.1 Å². The number of nitrogens with zero attached hydrogens (tertiary/aromatic N) is 3. The predicted molar refractivity (Wildman–Crippen MR) is 108 cm³/mol. The molecule has 0 saturated heterocycles. The van der Waals surface area contributed by atoms with Crippen LogP contribution in [0.1, 0.15) is 15.9 Å². The zero-order valence-electron chi connectivity index (χ0n) is 14.3. The number of nitro groups is 1. The Labute approximate surface area is 168 Å². The van der Waals surface area contributed by atoms with E-state index in [1.807, 2.05) is 30.3 Å². The Morgan fingerprint density at radius 1 is 1.04 bits per heavy atom. The molecule has 28 heavy (non-hydrogen) atoms. The maximum absolute atomic E-state index is 13.1. The monoisotopic (exact) mass is 409 g/mol. The molecule has 0 aliphatic rings. The summed E-state index contributed by atoms with van der Waals surface area (Å²) in [6.07, 6.45) is 1.65. The lowest BCUT2D eigenvalue weighted by Gasteiger charge is -2.00. The van der Waals surface area contributed by atoms with E-state index in [4.69, 9.17) is 11.6 Å². The van der Waals surface area contributed by atoms with Crippen molar-refractivity contribution in [1.29, 1.82) is 0 Å². The van der Waals surface area contributed by atoms with Gasteiger partial charge in [0.15, 0.2) is 5.78 Å². The summed E-state index contributed by atoms with van der Waals surface area (Å²) in [6.45, 7) is 0. The molecular weight excluding hydrogens is 398 g/mol. The molecule has 2 aromatic heterocycles. The lowest BCUT2D eigenvalue weighted by atomic mass is 10.0. The maximum Gasteiger partial charge on any atom is 0.324 e. The van der Waals surface area contributed by atoms with Crippen molar-refractivity contribution in [3.05, 3.63) is 99.2 Å². The largest absolute Gasteiger partial charge is 0.324 e. The molecule has 0 bridgehead atoms. The standard InChI is InChI=1S/C20H12ClN3O3S/c21-14-8-6-13(7-9-14)20(25)16-12-23(15-4-2-1-3-5-15)22-19(16)17-10-11-18(28-17)24(26)27/h1-12H. The van der Waals surface area contributed by atoms with Crippen molar-refractivity contribution in [1.82, 2.24) is 9.78 Å². The van der Waals surface area contributed by atoms with Crippen LogP contribution in [0.15, 0.2) is 72.9 Å². The molecule has 0 radical (unpaired) electrons. The molecule has 138 valence electrons. The van der Waals surface area contributed by atoms with Gasteiger partial charge in [0.1, 0.15) is 5.69 Å². The van der Waals surface area contributed by atoms with Gasteiger partial charge >= 0.3 is 5.00 Å². The number of aromatic nitrogens is 2. The zero-order valence-corrected chi connectivity index (χ0v) is 15.9. The van der Waals surface area contributed by atoms with E-state index in [0.717, 1.165) is 17.0 Å². The van der Waals surface area contributed by atoms with Gasteiger partial charge in [-0.25, -0.2) is 4.68 Å². The normalized spacial score (nSPS) is 10.8. The molecule has 0 fully saturated rings. The molecule has 0 spiro atoms. The molecule has 0 N–H and O–H groups in total. The van der Waals surface area contributed by atoms with Crippen molar-refractivity contribution in [3.63, 3.8) is 0 Å². The SMILES string of the molecule is O=C(c1ccc(Cl)cc1)c1cn(-c2ccccc2)nc1-c1ccc([N+](=O)[O-])s1. The van der Waals surface area contributed by atoms with Crippen molar-refractivity contribution < 1.29 is 9.72 Å². The van der Waals surface area contributed by atoms with Gasteiger partial charge in [0.2, 0.25) is 0 Å². The number of carbonyl (C=O) groups is 1. The van der Waals surface area contributed by atoms with Crippen molar-refractivity contribution in [2.24, 2.45) is 0 Å². The Hall–Kier alpha value is -3.29. The predicted octanol–water partition coefficient (Wildman–Crippen LogP) is 5.39. The van der Waals surface area contributed by atoms with Gasteiger partial charge in [-0.3, -0.25) is 14.9 Å². The van der Waals surface area contributed by atoms with Crippen LogP contribution in [0.4, 0.5) is 5.00 Å². The summed E-state index contributed by atoms with van der Waals surface area (Å²) in [5.41, 5.74) is 2.01. The van der Waals surface area contributed by atoms with Gasteiger partial charge in [0, 0.05) is 22.8 Å². The van der Waals surface area contributed by atoms with E-state index >= 15 is 0 Å². The van der Waals surface area contributed by atoms with Crippen molar-refractivity contribution in [2.75, 3.05) is 0 Å². The van der Waals surface area contributed by atoms with E-state index in [1.165, 1.54) is 6.07 Å². The third-order valence-corrected chi connectivity index (χ3v) is 5.39. The minimum absolute atomic E-state index is 0.00541. The highest BCUT2D eigenvalue weighted by molar-refractivity contribution is 7.18. The number of benzene rings is 2. The van der Waals surface area contributed by atoms with Crippen LogP contribution in [0.3, 0.4) is 0 Å². The molecule has 0 amide bonds. The van der Waals surface area contributed by atoms with Crippen LogP contribution < -0.4 is 0 Å². The first-order valence-electron chi connectivity index (χ1n) is 8.23. The summed E-state index contributed by atoms with van der Waals surface area (Å²) in [4.78, 5) is 24.3. The van der Waals surface area contributed by atoms with E-state index in [2.05, 4.69) is 5.10 Å². The van der Waals surface area contributed by atoms with Gasteiger partial charge in [0.05, 0.1) is 21.1 Å². The van der Waals surface area contributed by atoms with Crippen LogP contribution in [-0.2, 0) is 0 Å². The average Bonchev–Trinajstić information content (AvgIpc) is 3.36. The number of rotatable bonds is 5. The molecular formula is C20H12ClN3O3S. The Balaban J connectivity index is 1.85. The summed E-state index contributed by atoms with van der Waals surface area (Å²) in [7, 11) is 0. The van der Waals surface area contributed by atoms with Crippen LogP contribution in [0.5, 0.6) is 0 Å². The minimum Gasteiger partial charge on any atom is -0.288 e. The van der Waals surface area contributed by atoms with Gasteiger partial charge in [-0.05, 0) is 42.5 Å². The second kappa shape index (κ2) is 7.38. The van der Waals surface area contributed by atoms with Gasteiger partial charge < -0.3 is 0 Å². The van der Waals surface area contributed by atoms with Crippen molar-refractivity contribution in [3.8, 4) is 16.3 Å².